The lowest BCUT2D eigenvalue weighted by atomic mass is 10.1. The summed E-state index contributed by atoms with van der Waals surface area (Å²) in [6, 6.07) is 4.86. The van der Waals surface area contributed by atoms with Crippen LogP contribution in [0, 0.1) is 5.82 Å². The molecule has 0 amide bonds. The highest BCUT2D eigenvalue weighted by Crippen LogP contribution is 2.23. The van der Waals surface area contributed by atoms with E-state index in [0.717, 1.165) is 16.7 Å². The van der Waals surface area contributed by atoms with Gasteiger partial charge in [0.1, 0.15) is 22.5 Å². The molecule has 138 valence electrons. The number of carbonyl (C=O) groups excluding carboxylic acids is 1. The number of hydrogen-bond acceptors (Lipinski definition) is 5. The first-order valence-electron chi connectivity index (χ1n) is 7.75. The van der Waals surface area contributed by atoms with Crippen molar-refractivity contribution in [1.82, 2.24) is 4.57 Å². The van der Waals surface area contributed by atoms with Crippen LogP contribution in [0.4, 0.5) is 10.1 Å². The summed E-state index contributed by atoms with van der Waals surface area (Å²) in [5.41, 5.74) is -2.34. The maximum Gasteiger partial charge on any atom is 0.343 e. The van der Waals surface area contributed by atoms with E-state index < -0.39 is 34.5 Å². The number of pyridine rings is 1. The van der Waals surface area contributed by atoms with Gasteiger partial charge in [-0.3, -0.25) is 9.36 Å². The Morgan fingerprint density at radius 2 is 1.77 bits per heavy atom. The first kappa shape index (κ1) is 19.2. The minimum absolute atomic E-state index is 0.122. The van der Waals surface area contributed by atoms with Gasteiger partial charge in [-0.05, 0) is 45.0 Å². The van der Waals surface area contributed by atoms with Gasteiger partial charge in [-0.2, -0.15) is 0 Å². The number of halogens is 1. The van der Waals surface area contributed by atoms with Crippen LogP contribution < -0.4 is 10.9 Å². The van der Waals surface area contributed by atoms with E-state index in [0.29, 0.717) is 0 Å². The molecule has 0 radical (unpaired) electrons. The van der Waals surface area contributed by atoms with Crippen LogP contribution in [0.25, 0.3) is 5.69 Å². The number of esters is 1. The first-order chi connectivity index (χ1) is 12.0. The Balaban J connectivity index is 2.78. The normalized spacial score (nSPS) is 11.1. The molecule has 0 unspecified atom stereocenters. The lowest BCUT2D eigenvalue weighted by Crippen LogP contribution is -2.31. The quantitative estimate of drug-likeness (QED) is 0.812. The van der Waals surface area contributed by atoms with Crippen LogP contribution in [0.3, 0.4) is 0 Å². The summed E-state index contributed by atoms with van der Waals surface area (Å²) in [7, 11) is 1.40. The highest BCUT2D eigenvalue weighted by atomic mass is 19.1. The summed E-state index contributed by atoms with van der Waals surface area (Å²) in [5, 5.41) is 12.1. The molecule has 2 rings (SSSR count). The fourth-order valence-electron chi connectivity index (χ4n) is 2.35. The second-order valence-corrected chi connectivity index (χ2v) is 6.50. The molecule has 26 heavy (non-hydrogen) atoms. The number of aromatic carboxylic acids is 1. The van der Waals surface area contributed by atoms with Gasteiger partial charge in [0, 0.05) is 18.9 Å². The Morgan fingerprint density at radius 3 is 2.23 bits per heavy atom. The number of carbonyl (C=O) groups is 2. The van der Waals surface area contributed by atoms with E-state index in [4.69, 9.17) is 4.74 Å². The van der Waals surface area contributed by atoms with Crippen molar-refractivity contribution < 1.29 is 23.8 Å². The fourth-order valence-corrected chi connectivity index (χ4v) is 2.35. The summed E-state index contributed by atoms with van der Waals surface area (Å²) >= 11 is 0. The molecule has 1 aromatic carbocycles. The second kappa shape index (κ2) is 6.99. The van der Waals surface area contributed by atoms with Gasteiger partial charge < -0.3 is 15.2 Å². The zero-order chi connectivity index (χ0) is 19.6. The predicted octanol–water partition coefficient (Wildman–Crippen LogP) is 2.67. The van der Waals surface area contributed by atoms with Crippen LogP contribution in [-0.4, -0.2) is 34.3 Å². The number of nitrogens with one attached hydrogen (secondary N) is 1. The SMILES string of the molecule is CNc1c(C(=O)OC(C)(C)C)cn(-c2ccc(F)cc2)c(=O)c1C(=O)O. The van der Waals surface area contributed by atoms with Crippen LogP contribution in [0.5, 0.6) is 0 Å². The summed E-state index contributed by atoms with van der Waals surface area (Å²) in [5.74, 6) is -2.81. The second-order valence-electron chi connectivity index (χ2n) is 6.50. The van der Waals surface area contributed by atoms with E-state index >= 15 is 0 Å². The zero-order valence-electron chi connectivity index (χ0n) is 14.8. The van der Waals surface area contributed by atoms with Crippen LogP contribution in [0.2, 0.25) is 0 Å². The van der Waals surface area contributed by atoms with Crippen molar-refractivity contribution in [3.63, 3.8) is 0 Å². The molecule has 0 saturated heterocycles. The van der Waals surface area contributed by atoms with Gasteiger partial charge in [0.15, 0.2) is 0 Å². The van der Waals surface area contributed by atoms with Crippen LogP contribution in [0.1, 0.15) is 41.5 Å². The molecule has 0 spiro atoms. The molecule has 0 fully saturated rings. The number of rotatable bonds is 4. The van der Waals surface area contributed by atoms with Gasteiger partial charge in [0.25, 0.3) is 5.56 Å². The van der Waals surface area contributed by atoms with E-state index in [1.54, 1.807) is 20.8 Å². The Bertz CT molecular complexity index is 911. The monoisotopic (exact) mass is 362 g/mol. The lowest BCUT2D eigenvalue weighted by molar-refractivity contribution is 0.00699. The van der Waals surface area contributed by atoms with E-state index in [1.165, 1.54) is 25.4 Å². The molecule has 8 heteroatoms. The van der Waals surface area contributed by atoms with Crippen molar-refractivity contribution >= 4 is 17.6 Å². The molecule has 1 heterocycles. The van der Waals surface area contributed by atoms with Gasteiger partial charge in [-0.25, -0.2) is 14.0 Å². The molecule has 2 N–H and O–H groups in total. The molecule has 0 saturated carbocycles. The van der Waals surface area contributed by atoms with Crippen molar-refractivity contribution in [2.75, 3.05) is 12.4 Å². The Kier molecular flexibility index (Phi) is 5.15. The number of aromatic nitrogens is 1. The van der Waals surface area contributed by atoms with Crippen LogP contribution in [-0.2, 0) is 4.74 Å². The average molecular weight is 362 g/mol. The molecule has 0 bridgehead atoms. The maximum atomic E-state index is 13.2. The summed E-state index contributed by atoms with van der Waals surface area (Å²) in [6.45, 7) is 4.99. The summed E-state index contributed by atoms with van der Waals surface area (Å²) < 4.78 is 19.4. The molecule has 0 aliphatic carbocycles. The topological polar surface area (TPSA) is 97.6 Å². The minimum atomic E-state index is -1.50. The van der Waals surface area contributed by atoms with Gasteiger partial charge in [0.05, 0.1) is 5.69 Å². The Labute approximate surface area is 149 Å². The molecule has 0 aliphatic heterocycles. The summed E-state index contributed by atoms with van der Waals surface area (Å²) in [4.78, 5) is 36.8. The third-order valence-electron chi connectivity index (χ3n) is 3.40. The van der Waals surface area contributed by atoms with Gasteiger partial charge in [-0.1, -0.05) is 0 Å². The number of nitrogens with zero attached hydrogens (tertiary/aromatic N) is 1. The van der Waals surface area contributed by atoms with E-state index in [-0.39, 0.29) is 16.9 Å². The van der Waals surface area contributed by atoms with Gasteiger partial charge in [0.2, 0.25) is 0 Å². The van der Waals surface area contributed by atoms with Gasteiger partial charge >= 0.3 is 11.9 Å². The van der Waals surface area contributed by atoms with Crippen LogP contribution >= 0.6 is 0 Å². The third-order valence-corrected chi connectivity index (χ3v) is 3.40. The molecular formula is C18H19FN2O5. The van der Waals surface area contributed by atoms with Crippen molar-refractivity contribution in [1.29, 1.82) is 0 Å². The number of anilines is 1. The van der Waals surface area contributed by atoms with Crippen molar-refractivity contribution in [3.8, 4) is 5.69 Å². The molecule has 1 aromatic heterocycles. The van der Waals surface area contributed by atoms with Gasteiger partial charge in [-0.15, -0.1) is 0 Å². The highest BCUT2D eigenvalue weighted by molar-refractivity contribution is 6.03. The fraction of sp³-hybridized carbons (Fsp3) is 0.278. The van der Waals surface area contributed by atoms with E-state index in [9.17, 15) is 23.9 Å². The number of hydrogen-bond donors (Lipinski definition) is 2. The number of benzene rings is 1. The average Bonchev–Trinajstić information content (AvgIpc) is 2.53. The molecule has 0 atom stereocenters. The maximum absolute atomic E-state index is 13.2. The van der Waals surface area contributed by atoms with E-state index in [1.807, 2.05) is 0 Å². The summed E-state index contributed by atoms with van der Waals surface area (Å²) in [6.07, 6.45) is 1.18. The minimum Gasteiger partial charge on any atom is -0.477 e. The first-order valence-corrected chi connectivity index (χ1v) is 7.75. The van der Waals surface area contributed by atoms with Crippen LogP contribution in [0.15, 0.2) is 35.3 Å². The standard InChI is InChI=1S/C18H19FN2O5/c1-18(2,3)26-17(25)12-9-21(11-7-5-10(19)6-8-11)15(22)13(16(23)24)14(12)20-4/h5-9,20H,1-4H3,(H,23,24). The van der Waals surface area contributed by atoms with Crippen molar-refractivity contribution in [2.24, 2.45) is 0 Å². The molecule has 2 aromatic rings. The number of carboxylic acid groups (broad SMARTS) is 1. The third kappa shape index (κ3) is 3.90. The van der Waals surface area contributed by atoms with E-state index in [2.05, 4.69) is 5.32 Å². The molecule has 0 aliphatic rings. The van der Waals surface area contributed by atoms with Crippen molar-refractivity contribution in [3.05, 3.63) is 57.8 Å². The molecular weight excluding hydrogens is 343 g/mol. The number of ether oxygens (including phenoxy) is 1. The van der Waals surface area contributed by atoms with Crippen molar-refractivity contribution in [2.45, 2.75) is 26.4 Å². The lowest BCUT2D eigenvalue weighted by Gasteiger charge is -2.21. The smallest absolute Gasteiger partial charge is 0.343 e. The largest absolute Gasteiger partial charge is 0.477 e. The molecule has 7 nitrogen and oxygen atoms in total. The highest BCUT2D eigenvalue weighted by Gasteiger charge is 2.27. The predicted molar refractivity (Wildman–Crippen MR) is 93.7 cm³/mol. The zero-order valence-corrected chi connectivity index (χ0v) is 14.8. The Morgan fingerprint density at radius 1 is 1.19 bits per heavy atom. The number of carboxylic acids is 1. The Hall–Kier alpha value is -3.16.